The first-order valence-electron chi connectivity index (χ1n) is 8.15. The number of carbonyl (C=O) groups excluding carboxylic acids is 2. The van der Waals surface area contributed by atoms with Gasteiger partial charge in [0.25, 0.3) is 5.91 Å². The number of ether oxygens (including phenoxy) is 1. The first-order valence-corrected chi connectivity index (χ1v) is 8.15. The van der Waals surface area contributed by atoms with Crippen LogP contribution in [0.1, 0.15) is 21.6 Å². The number of carbonyl (C=O) groups is 2. The SMILES string of the molecule is Cc1ccnn1-c1ccc(C(=O)OCC(=O)Nc2ccc(C#N)cc2)cc1. The van der Waals surface area contributed by atoms with E-state index in [1.807, 2.05) is 19.1 Å². The summed E-state index contributed by atoms with van der Waals surface area (Å²) in [5.41, 5.74) is 3.16. The lowest BCUT2D eigenvalue weighted by atomic mass is 10.2. The molecular weight excluding hydrogens is 344 g/mol. The highest BCUT2D eigenvalue weighted by Gasteiger charge is 2.11. The van der Waals surface area contributed by atoms with Crippen LogP contribution in [0.4, 0.5) is 5.69 Å². The molecule has 134 valence electrons. The van der Waals surface area contributed by atoms with Gasteiger partial charge in [0.05, 0.1) is 22.9 Å². The third kappa shape index (κ3) is 4.38. The second-order valence-electron chi connectivity index (χ2n) is 5.74. The van der Waals surface area contributed by atoms with Gasteiger partial charge in [-0.3, -0.25) is 4.79 Å². The lowest BCUT2D eigenvalue weighted by molar-refractivity contribution is -0.119. The van der Waals surface area contributed by atoms with E-state index in [1.54, 1.807) is 59.4 Å². The van der Waals surface area contributed by atoms with Crippen molar-refractivity contribution in [1.29, 1.82) is 5.26 Å². The molecule has 0 fully saturated rings. The van der Waals surface area contributed by atoms with Crippen molar-refractivity contribution in [2.24, 2.45) is 0 Å². The van der Waals surface area contributed by atoms with Gasteiger partial charge in [-0.1, -0.05) is 0 Å². The molecule has 2 aromatic carbocycles. The van der Waals surface area contributed by atoms with Crippen molar-refractivity contribution < 1.29 is 14.3 Å². The molecule has 1 N–H and O–H groups in total. The van der Waals surface area contributed by atoms with Crippen LogP contribution in [0.2, 0.25) is 0 Å². The molecule has 7 nitrogen and oxygen atoms in total. The number of aryl methyl sites for hydroxylation is 1. The maximum atomic E-state index is 12.1. The zero-order valence-corrected chi connectivity index (χ0v) is 14.5. The fourth-order valence-corrected chi connectivity index (χ4v) is 2.42. The Balaban J connectivity index is 1.54. The van der Waals surface area contributed by atoms with Crippen LogP contribution in [0.3, 0.4) is 0 Å². The maximum Gasteiger partial charge on any atom is 0.338 e. The summed E-state index contributed by atoms with van der Waals surface area (Å²) in [5.74, 6) is -1.05. The third-order valence-corrected chi connectivity index (χ3v) is 3.81. The quantitative estimate of drug-likeness (QED) is 0.706. The van der Waals surface area contributed by atoms with Crippen molar-refractivity contribution in [2.45, 2.75) is 6.92 Å². The van der Waals surface area contributed by atoms with Crippen LogP contribution in [0.25, 0.3) is 5.69 Å². The van der Waals surface area contributed by atoms with Gasteiger partial charge in [-0.15, -0.1) is 0 Å². The molecule has 0 aliphatic carbocycles. The van der Waals surface area contributed by atoms with Crippen molar-refractivity contribution in [2.75, 3.05) is 11.9 Å². The normalized spacial score (nSPS) is 10.1. The minimum absolute atomic E-state index is 0.342. The summed E-state index contributed by atoms with van der Waals surface area (Å²) in [6.07, 6.45) is 1.70. The number of rotatable bonds is 5. The molecule has 3 aromatic rings. The molecule has 0 unspecified atom stereocenters. The Kier molecular flexibility index (Phi) is 5.28. The van der Waals surface area contributed by atoms with Gasteiger partial charge in [0.1, 0.15) is 0 Å². The first kappa shape index (κ1) is 17.9. The lowest BCUT2D eigenvalue weighted by Gasteiger charge is -2.08. The van der Waals surface area contributed by atoms with Crippen LogP contribution in [0.15, 0.2) is 60.8 Å². The molecular formula is C20H16N4O3. The molecule has 0 aliphatic rings. The highest BCUT2D eigenvalue weighted by atomic mass is 16.5. The van der Waals surface area contributed by atoms with E-state index in [-0.39, 0.29) is 0 Å². The van der Waals surface area contributed by atoms with E-state index in [9.17, 15) is 9.59 Å². The summed E-state index contributed by atoms with van der Waals surface area (Å²) < 4.78 is 6.79. The number of nitrogens with one attached hydrogen (secondary N) is 1. The minimum atomic E-state index is -0.589. The summed E-state index contributed by atoms with van der Waals surface area (Å²) in [5, 5.41) is 15.5. The number of anilines is 1. The van der Waals surface area contributed by atoms with E-state index in [2.05, 4.69) is 10.4 Å². The largest absolute Gasteiger partial charge is 0.452 e. The van der Waals surface area contributed by atoms with Crippen LogP contribution < -0.4 is 5.32 Å². The van der Waals surface area contributed by atoms with Gasteiger partial charge in [0, 0.05) is 17.6 Å². The highest BCUT2D eigenvalue weighted by molar-refractivity contribution is 5.95. The van der Waals surface area contributed by atoms with Crippen molar-refractivity contribution in [3.8, 4) is 11.8 Å². The minimum Gasteiger partial charge on any atom is -0.452 e. The molecule has 1 heterocycles. The number of hydrogen-bond acceptors (Lipinski definition) is 5. The van der Waals surface area contributed by atoms with Gasteiger partial charge >= 0.3 is 5.97 Å². The highest BCUT2D eigenvalue weighted by Crippen LogP contribution is 2.12. The molecule has 27 heavy (non-hydrogen) atoms. The molecule has 0 spiro atoms. The van der Waals surface area contributed by atoms with Crippen LogP contribution >= 0.6 is 0 Å². The number of amides is 1. The zero-order valence-electron chi connectivity index (χ0n) is 14.5. The molecule has 3 rings (SSSR count). The summed E-state index contributed by atoms with van der Waals surface area (Å²) >= 11 is 0. The molecule has 0 radical (unpaired) electrons. The van der Waals surface area contributed by atoms with Crippen LogP contribution in [-0.2, 0) is 9.53 Å². The fraction of sp³-hybridized carbons (Fsp3) is 0.100. The van der Waals surface area contributed by atoms with E-state index in [0.29, 0.717) is 16.8 Å². The molecule has 0 atom stereocenters. The van der Waals surface area contributed by atoms with Gasteiger partial charge in [0.15, 0.2) is 6.61 Å². The Morgan fingerprint density at radius 2 is 1.81 bits per heavy atom. The standard InChI is InChI=1S/C20H16N4O3/c1-14-10-11-22-24(14)18-8-4-16(5-9-18)20(26)27-13-19(25)23-17-6-2-15(12-21)3-7-17/h2-11H,13H2,1H3,(H,23,25). The summed E-state index contributed by atoms with van der Waals surface area (Å²) in [6, 6.07) is 17.0. The van der Waals surface area contributed by atoms with E-state index in [0.717, 1.165) is 11.4 Å². The van der Waals surface area contributed by atoms with Gasteiger partial charge in [-0.25, -0.2) is 9.48 Å². The molecule has 0 bridgehead atoms. The maximum absolute atomic E-state index is 12.1. The van der Waals surface area contributed by atoms with Crippen molar-refractivity contribution in [1.82, 2.24) is 9.78 Å². The predicted octanol–water partition coefficient (Wildman–Crippen LogP) is 2.85. The average molecular weight is 360 g/mol. The smallest absolute Gasteiger partial charge is 0.338 e. The van der Waals surface area contributed by atoms with E-state index >= 15 is 0 Å². The second kappa shape index (κ2) is 7.97. The number of nitriles is 1. The molecule has 0 aliphatic heterocycles. The topological polar surface area (TPSA) is 97.0 Å². The van der Waals surface area contributed by atoms with Gasteiger partial charge in [0.2, 0.25) is 0 Å². The molecule has 0 saturated heterocycles. The third-order valence-electron chi connectivity index (χ3n) is 3.81. The second-order valence-corrected chi connectivity index (χ2v) is 5.74. The Labute approximate surface area is 155 Å². The Morgan fingerprint density at radius 3 is 2.41 bits per heavy atom. The molecule has 7 heteroatoms. The van der Waals surface area contributed by atoms with Crippen LogP contribution in [0, 0.1) is 18.3 Å². The van der Waals surface area contributed by atoms with Crippen LogP contribution in [-0.4, -0.2) is 28.3 Å². The Hall–Kier alpha value is -3.92. The Bertz CT molecular complexity index is 999. The van der Waals surface area contributed by atoms with Crippen molar-refractivity contribution in [3.63, 3.8) is 0 Å². The monoisotopic (exact) mass is 360 g/mol. The Morgan fingerprint density at radius 1 is 1.11 bits per heavy atom. The number of aromatic nitrogens is 2. The number of benzene rings is 2. The molecule has 0 saturated carbocycles. The van der Waals surface area contributed by atoms with E-state index < -0.39 is 18.5 Å². The first-order chi connectivity index (χ1) is 13.1. The molecule has 1 aromatic heterocycles. The predicted molar refractivity (Wildman–Crippen MR) is 98.4 cm³/mol. The van der Waals surface area contributed by atoms with Gasteiger partial charge in [-0.2, -0.15) is 10.4 Å². The summed E-state index contributed by atoms with van der Waals surface area (Å²) in [4.78, 5) is 24.0. The number of nitrogens with zero attached hydrogens (tertiary/aromatic N) is 3. The number of esters is 1. The van der Waals surface area contributed by atoms with Crippen molar-refractivity contribution >= 4 is 17.6 Å². The summed E-state index contributed by atoms with van der Waals surface area (Å²) in [6.45, 7) is 1.53. The van der Waals surface area contributed by atoms with Gasteiger partial charge < -0.3 is 10.1 Å². The van der Waals surface area contributed by atoms with Crippen molar-refractivity contribution in [3.05, 3.63) is 77.6 Å². The van der Waals surface area contributed by atoms with E-state index in [1.165, 1.54) is 0 Å². The number of hydrogen-bond donors (Lipinski definition) is 1. The van der Waals surface area contributed by atoms with Gasteiger partial charge in [-0.05, 0) is 61.5 Å². The molecule has 1 amide bonds. The summed E-state index contributed by atoms with van der Waals surface area (Å²) in [7, 11) is 0. The lowest BCUT2D eigenvalue weighted by Crippen LogP contribution is -2.20. The fourth-order valence-electron chi connectivity index (χ4n) is 2.42. The van der Waals surface area contributed by atoms with Crippen LogP contribution in [0.5, 0.6) is 0 Å². The average Bonchev–Trinajstić information content (AvgIpc) is 3.13. The zero-order chi connectivity index (χ0) is 19.2. The van der Waals surface area contributed by atoms with E-state index in [4.69, 9.17) is 10.00 Å².